The van der Waals surface area contributed by atoms with Gasteiger partial charge < -0.3 is 5.73 Å². The van der Waals surface area contributed by atoms with Gasteiger partial charge in [-0.05, 0) is 19.1 Å². The van der Waals surface area contributed by atoms with Gasteiger partial charge in [0.2, 0.25) is 0 Å². The van der Waals surface area contributed by atoms with E-state index in [9.17, 15) is 8.42 Å². The second-order valence-corrected chi connectivity index (χ2v) is 5.92. The zero-order valence-corrected chi connectivity index (χ0v) is 10.4. The number of nitrogens with two attached hydrogens (primary N) is 1. The van der Waals surface area contributed by atoms with Crippen molar-refractivity contribution >= 4 is 15.5 Å². The quantitative estimate of drug-likeness (QED) is 0.843. The van der Waals surface area contributed by atoms with Crippen LogP contribution in [0.3, 0.4) is 0 Å². The first-order chi connectivity index (χ1) is 7.89. The van der Waals surface area contributed by atoms with E-state index in [1.807, 2.05) is 6.92 Å². The fraction of sp³-hybridized carbons (Fsp3) is 0.182. The summed E-state index contributed by atoms with van der Waals surface area (Å²) in [6, 6.07) is 6.49. The monoisotopic (exact) mass is 251 g/mol. The van der Waals surface area contributed by atoms with Crippen LogP contribution in [0.4, 0.5) is 5.69 Å². The molecule has 3 N–H and O–H groups in total. The lowest BCUT2D eigenvalue weighted by molar-refractivity contribution is 0.602. The molecule has 0 aliphatic carbocycles. The Hall–Kier alpha value is -1.82. The molecule has 0 amide bonds. The number of nitrogen functional groups attached to an aromatic ring is 1. The molecule has 1 aromatic carbocycles. The van der Waals surface area contributed by atoms with Crippen LogP contribution in [-0.4, -0.2) is 24.9 Å². The first-order valence-corrected chi connectivity index (χ1v) is 6.89. The number of nitrogens with one attached hydrogen (secondary N) is 1. The van der Waals surface area contributed by atoms with Crippen LogP contribution in [0.15, 0.2) is 29.2 Å². The number of benzene rings is 1. The lowest BCUT2D eigenvalue weighted by atomic mass is 10.1. The number of H-pyrrole nitrogens is 1. The van der Waals surface area contributed by atoms with Gasteiger partial charge >= 0.3 is 0 Å². The number of rotatable bonds is 2. The molecule has 0 bridgehead atoms. The highest BCUT2D eigenvalue weighted by Gasteiger charge is 2.11. The van der Waals surface area contributed by atoms with E-state index in [-0.39, 0.29) is 4.90 Å². The summed E-state index contributed by atoms with van der Waals surface area (Å²) in [5, 5.41) is 6.86. The van der Waals surface area contributed by atoms with Crippen molar-refractivity contribution in [1.82, 2.24) is 10.2 Å². The van der Waals surface area contributed by atoms with E-state index >= 15 is 0 Å². The lowest BCUT2D eigenvalue weighted by Gasteiger charge is -2.01. The second-order valence-electron chi connectivity index (χ2n) is 3.91. The van der Waals surface area contributed by atoms with Crippen LogP contribution in [0.25, 0.3) is 11.3 Å². The lowest BCUT2D eigenvalue weighted by Crippen LogP contribution is -1.96. The fourth-order valence-electron chi connectivity index (χ4n) is 1.52. The van der Waals surface area contributed by atoms with Gasteiger partial charge in [0.25, 0.3) is 0 Å². The van der Waals surface area contributed by atoms with Crippen LogP contribution in [0, 0.1) is 6.92 Å². The molecule has 1 aromatic heterocycles. The van der Waals surface area contributed by atoms with Gasteiger partial charge in [0.1, 0.15) is 5.69 Å². The van der Waals surface area contributed by atoms with Gasteiger partial charge in [-0.1, -0.05) is 12.1 Å². The van der Waals surface area contributed by atoms with Crippen molar-refractivity contribution < 1.29 is 8.42 Å². The molecule has 0 aliphatic heterocycles. The number of anilines is 1. The van der Waals surface area contributed by atoms with Gasteiger partial charge in [0, 0.05) is 11.8 Å². The maximum Gasteiger partial charge on any atom is 0.175 e. The molecule has 0 atom stereocenters. The van der Waals surface area contributed by atoms with Gasteiger partial charge in [-0.3, -0.25) is 5.10 Å². The SMILES string of the molecule is Cc1[nH]nc(-c2ccc(S(C)(=O)=O)cc2)c1N. The zero-order valence-electron chi connectivity index (χ0n) is 9.56. The van der Waals surface area contributed by atoms with Crippen molar-refractivity contribution in [2.75, 3.05) is 12.0 Å². The number of aromatic nitrogens is 2. The van der Waals surface area contributed by atoms with Crippen LogP contribution in [0.2, 0.25) is 0 Å². The molecule has 0 radical (unpaired) electrons. The number of hydrogen-bond acceptors (Lipinski definition) is 4. The van der Waals surface area contributed by atoms with E-state index in [0.29, 0.717) is 11.4 Å². The van der Waals surface area contributed by atoms with Crippen molar-refractivity contribution in [2.24, 2.45) is 0 Å². The molecule has 0 aliphatic rings. The molecule has 0 unspecified atom stereocenters. The largest absolute Gasteiger partial charge is 0.395 e. The molecule has 1 heterocycles. The average Bonchev–Trinajstić information content (AvgIpc) is 2.59. The first kappa shape index (κ1) is 11.7. The van der Waals surface area contributed by atoms with Gasteiger partial charge in [0.15, 0.2) is 9.84 Å². The molecule has 6 heteroatoms. The summed E-state index contributed by atoms with van der Waals surface area (Å²) in [5.41, 5.74) is 8.66. The van der Waals surface area contributed by atoms with Gasteiger partial charge in [-0.15, -0.1) is 0 Å². The predicted octanol–water partition coefficient (Wildman–Crippen LogP) is 1.37. The summed E-state index contributed by atoms with van der Waals surface area (Å²) >= 11 is 0. The van der Waals surface area contributed by atoms with Crippen molar-refractivity contribution in [3.63, 3.8) is 0 Å². The summed E-state index contributed by atoms with van der Waals surface area (Å²) in [4.78, 5) is 0.284. The highest BCUT2D eigenvalue weighted by Crippen LogP contribution is 2.26. The van der Waals surface area contributed by atoms with Gasteiger partial charge in [-0.25, -0.2) is 8.42 Å². The summed E-state index contributed by atoms with van der Waals surface area (Å²) in [6.07, 6.45) is 1.18. The molecule has 90 valence electrons. The third-order valence-electron chi connectivity index (χ3n) is 2.55. The predicted molar refractivity (Wildman–Crippen MR) is 66.3 cm³/mol. The Morgan fingerprint density at radius 2 is 1.82 bits per heavy atom. The Balaban J connectivity index is 2.46. The third kappa shape index (κ3) is 2.16. The number of nitrogens with zero attached hydrogens (tertiary/aromatic N) is 1. The van der Waals surface area contributed by atoms with E-state index < -0.39 is 9.84 Å². The minimum absolute atomic E-state index is 0.284. The van der Waals surface area contributed by atoms with E-state index in [4.69, 9.17) is 5.73 Å². The third-order valence-corrected chi connectivity index (χ3v) is 3.68. The number of aryl methyl sites for hydroxylation is 1. The molecule has 0 fully saturated rings. The van der Waals surface area contributed by atoms with Gasteiger partial charge in [-0.2, -0.15) is 5.10 Å². The summed E-state index contributed by atoms with van der Waals surface area (Å²) in [7, 11) is -3.17. The van der Waals surface area contributed by atoms with Crippen LogP contribution in [0.1, 0.15) is 5.69 Å². The minimum atomic E-state index is -3.17. The Bertz CT molecular complexity index is 642. The standard InChI is InChI=1S/C11H13N3O2S/c1-7-10(12)11(14-13-7)8-3-5-9(6-4-8)17(2,15)16/h3-6H,12H2,1-2H3,(H,13,14). The molecular formula is C11H13N3O2S. The highest BCUT2D eigenvalue weighted by molar-refractivity contribution is 7.90. The van der Waals surface area contributed by atoms with Crippen molar-refractivity contribution in [3.05, 3.63) is 30.0 Å². The van der Waals surface area contributed by atoms with Crippen LogP contribution < -0.4 is 5.73 Å². The van der Waals surface area contributed by atoms with E-state index in [1.54, 1.807) is 24.3 Å². The van der Waals surface area contributed by atoms with E-state index in [2.05, 4.69) is 10.2 Å². The van der Waals surface area contributed by atoms with E-state index in [1.165, 1.54) is 6.26 Å². The maximum atomic E-state index is 11.3. The smallest absolute Gasteiger partial charge is 0.175 e. The Morgan fingerprint density at radius 3 is 2.24 bits per heavy atom. The summed E-state index contributed by atoms with van der Waals surface area (Å²) in [6.45, 7) is 1.83. The minimum Gasteiger partial charge on any atom is -0.395 e. The second kappa shape index (κ2) is 3.89. The maximum absolute atomic E-state index is 11.3. The van der Waals surface area contributed by atoms with Crippen LogP contribution >= 0.6 is 0 Å². The zero-order chi connectivity index (χ0) is 12.6. The summed E-state index contributed by atoms with van der Waals surface area (Å²) < 4.78 is 22.6. The van der Waals surface area contributed by atoms with Gasteiger partial charge in [0.05, 0.1) is 16.3 Å². The Morgan fingerprint density at radius 1 is 1.24 bits per heavy atom. The highest BCUT2D eigenvalue weighted by atomic mass is 32.2. The Labute approximate surface area is 99.6 Å². The molecular weight excluding hydrogens is 238 g/mol. The van der Waals surface area contributed by atoms with E-state index in [0.717, 1.165) is 11.3 Å². The molecule has 0 saturated carbocycles. The molecule has 2 aromatic rings. The van der Waals surface area contributed by atoms with Crippen molar-refractivity contribution in [1.29, 1.82) is 0 Å². The number of sulfone groups is 1. The van der Waals surface area contributed by atoms with Crippen molar-refractivity contribution in [3.8, 4) is 11.3 Å². The molecule has 17 heavy (non-hydrogen) atoms. The Kier molecular flexibility index (Phi) is 2.66. The average molecular weight is 251 g/mol. The molecule has 2 rings (SSSR count). The molecule has 0 saturated heterocycles. The molecule has 5 nitrogen and oxygen atoms in total. The normalized spacial score (nSPS) is 11.6. The first-order valence-electron chi connectivity index (χ1n) is 5.00. The number of aromatic amines is 1. The summed E-state index contributed by atoms with van der Waals surface area (Å²) in [5.74, 6) is 0. The fourth-order valence-corrected chi connectivity index (χ4v) is 2.15. The van der Waals surface area contributed by atoms with Crippen molar-refractivity contribution in [2.45, 2.75) is 11.8 Å². The number of hydrogen-bond donors (Lipinski definition) is 2. The molecule has 0 spiro atoms. The van der Waals surface area contributed by atoms with Crippen LogP contribution in [0.5, 0.6) is 0 Å². The topological polar surface area (TPSA) is 88.8 Å². The van der Waals surface area contributed by atoms with Crippen LogP contribution in [-0.2, 0) is 9.84 Å².